The van der Waals surface area contributed by atoms with E-state index >= 15 is 0 Å². The Morgan fingerprint density at radius 1 is 0.463 bits per heavy atom. The minimum atomic E-state index is -3.21. The number of para-hydroxylation sites is 1. The number of carboxylic acids is 3. The molecule has 19 heteroatoms. The maximum absolute atomic E-state index is 14.2. The van der Waals surface area contributed by atoms with Gasteiger partial charge >= 0.3 is 17.9 Å². The molecule has 12 bridgehead atoms. The second kappa shape index (κ2) is 48.3. The predicted octanol–water partition coefficient (Wildman–Crippen LogP) is 22.5. The largest absolute Gasteiger partial charge is 0.487 e. The van der Waals surface area contributed by atoms with Crippen molar-refractivity contribution in [2.45, 2.75) is 353 Å². The third kappa shape index (κ3) is 30.9. The Bertz CT molecular complexity index is 3490. The summed E-state index contributed by atoms with van der Waals surface area (Å²) in [5.41, 5.74) is 12.0. The highest BCUT2D eigenvalue weighted by Gasteiger charge is 2.53. The van der Waals surface area contributed by atoms with Gasteiger partial charge in [-0.25, -0.2) is 0 Å². The number of carbonyl (C=O) groups is 3. The van der Waals surface area contributed by atoms with Crippen LogP contribution in [-0.4, -0.2) is 135 Å². The maximum atomic E-state index is 14.2. The molecule has 0 aliphatic heterocycles. The number of alkyl halides is 2. The van der Waals surface area contributed by atoms with Crippen molar-refractivity contribution >= 4 is 26.2 Å². The van der Waals surface area contributed by atoms with E-state index in [0.29, 0.717) is 106 Å². The van der Waals surface area contributed by atoms with Crippen molar-refractivity contribution in [1.82, 2.24) is 0 Å². The summed E-state index contributed by atoms with van der Waals surface area (Å²) in [7, 11) is -2.03. The molecule has 0 aromatic heterocycles. The van der Waals surface area contributed by atoms with Crippen LogP contribution < -0.4 is 10.5 Å². The van der Waals surface area contributed by atoms with Gasteiger partial charge in [0.15, 0.2) is 14.9 Å². The Labute approximate surface area is 739 Å². The summed E-state index contributed by atoms with van der Waals surface area (Å²) in [6.45, 7) is 19.7. The number of hydrogen-bond acceptors (Lipinski definition) is 13. The minimum absolute atomic E-state index is 0. The van der Waals surface area contributed by atoms with E-state index in [9.17, 15) is 48.7 Å². The van der Waals surface area contributed by atoms with E-state index in [-0.39, 0.29) is 81.5 Å². The predicted molar refractivity (Wildman–Crippen MR) is 489 cm³/mol. The molecule has 0 unspecified atom stereocenters. The zero-order chi connectivity index (χ0) is 87.8. The fourth-order valence-electron chi connectivity index (χ4n) is 26.3. The molecule has 10 N–H and O–H groups in total. The Balaban J connectivity index is 0.000000176. The van der Waals surface area contributed by atoms with Crippen molar-refractivity contribution in [3.05, 3.63) is 151 Å². The van der Waals surface area contributed by atoms with Gasteiger partial charge in [-0.15, -0.1) is 0 Å². The van der Waals surface area contributed by atoms with Gasteiger partial charge in [0.05, 0.1) is 49.8 Å². The summed E-state index contributed by atoms with van der Waals surface area (Å²) in [6, 6.07) is 28.4. The van der Waals surface area contributed by atoms with E-state index in [4.69, 9.17) is 39.7 Å². The molecule has 15 aliphatic carbocycles. The highest BCUT2D eigenvalue weighted by Crippen LogP contribution is 2.61. The SMILES string of the molecule is C.CC(C)[Si](OC[C@@H]1[C@@H](C/C=C\CCCC(=O)O)[C@@H](O)C[C@H]1OCc1ccccc1)(C(C)C)C(C)C.CC12CC3CC(CC(C3)C1)C2.CC12CC3CC(CC(C3)C1)C2.NC12CC3CC(CC(C3)C1)C2.O=C(O)CCC/C=C\C[C@@H]1[C@@H](/C=C/C(F)(F)COc2ccccc2)[C@H](O)C[C@@H]1O.O=C(O)CCC/C=C\C[C@@H]1[C@@H](CO)[C@H](OCc2ccccc2)C[C@@H]1O. The maximum Gasteiger partial charge on any atom is 0.303 e. The molecule has 16 nitrogen and oxygen atoms in total. The van der Waals surface area contributed by atoms with E-state index < -0.39 is 69.1 Å². The van der Waals surface area contributed by atoms with Crippen molar-refractivity contribution in [3.63, 3.8) is 0 Å². The van der Waals surface area contributed by atoms with Crippen molar-refractivity contribution < 1.29 is 82.7 Å². The molecular weight excluding hydrogens is 1570 g/mol. The van der Waals surface area contributed by atoms with Gasteiger partial charge in [-0.05, 0) is 301 Å². The first kappa shape index (κ1) is 101. The fraction of sp³-hybridized carbons (Fsp3) is 0.721. The standard InChI is InChI=1S/C29H48O5Si.C22H28F2O5.C20H28O5.2C11H18.C10H17N.CH4/c1-21(2)35(22(3)4,23(5)6)34-20-26-25(16-12-7-8-13-17-29(31)32)27(30)18-28(26)33-19-24-14-10-9-11-15-24;23-22(24,15-29-16-8-4-3-5-9-16)13-12-18-17(19(25)14-20(18)26)10-6-1-2-7-11-21(27)28;21-13-17-16(10-6-1-2-7-11-20(23)24)18(22)12-19(17)25-14-15-8-4-3-5-9-15;2*1-11-5-8-2-9(6-11)4-10(3-8)7-11;11-10-4-7-1-8(5-10)3-9(2-7)6-10;/h7,9-12,14-15,21-23,25-28,30H,8,13,16-20H2,1-6H3,(H,31,32);1,3-6,8-9,12-13,17-20,25-26H,2,7,10-11,14-15H2,(H,27,28);1,3-6,8-9,16-19,21-22H,2,7,10-14H2,(H,23,24);2*8-10H,2-7H2,1H3;7-9H,1-6,11H2;1H4/b12-7-;6-1-,13-12+;6-1-;;;;/t25-,26-,27+,28-;17-,18-,19+,20-;16-,17-,18+,19-;;;;/m111..../s1. The molecule has 18 rings (SSSR count). The van der Waals surface area contributed by atoms with Crippen LogP contribution in [0.4, 0.5) is 8.78 Å². The van der Waals surface area contributed by atoms with Crippen LogP contribution >= 0.6 is 0 Å². The molecule has 0 amide bonds. The number of carboxylic acid groups (broad SMARTS) is 3. The normalized spacial score (nSPS) is 34.1. The third-order valence-corrected chi connectivity index (χ3v) is 36.6. The molecule has 0 saturated heterocycles. The second-order valence-electron chi connectivity index (χ2n) is 41.8. The van der Waals surface area contributed by atoms with Gasteiger partial charge in [0.25, 0.3) is 5.92 Å². The first-order chi connectivity index (χ1) is 58.2. The van der Waals surface area contributed by atoms with Crippen molar-refractivity contribution in [2.24, 2.45) is 105 Å². The van der Waals surface area contributed by atoms with Gasteiger partial charge < -0.3 is 65.2 Å². The third-order valence-electron chi connectivity index (χ3n) is 30.5. The molecular formula is C104H161F2NO15Si. The van der Waals surface area contributed by atoms with Crippen molar-refractivity contribution in [3.8, 4) is 5.75 Å². The number of aliphatic carboxylic acids is 3. The number of hydrogen-bond donors (Lipinski definition) is 9. The highest BCUT2D eigenvalue weighted by molar-refractivity contribution is 6.77. The number of ether oxygens (including phenoxy) is 3. The molecule has 123 heavy (non-hydrogen) atoms. The second-order valence-corrected chi connectivity index (χ2v) is 47.3. The van der Waals surface area contributed by atoms with Crippen LogP contribution in [0.15, 0.2) is 140 Å². The van der Waals surface area contributed by atoms with E-state index in [1.165, 1.54) is 44.6 Å². The summed E-state index contributed by atoms with van der Waals surface area (Å²) in [5, 5.41) is 77.5. The molecule has 690 valence electrons. The number of aliphatic hydroxyl groups is 5. The van der Waals surface area contributed by atoms with Gasteiger partial charge in [-0.3, -0.25) is 14.4 Å². The van der Waals surface area contributed by atoms with Crippen LogP contribution in [-0.2, 0) is 41.5 Å². The Hall–Kier alpha value is -5.45. The average molecular weight is 1730 g/mol. The average Bonchev–Trinajstić information content (AvgIpc) is 1.68. The number of rotatable bonds is 36. The van der Waals surface area contributed by atoms with Gasteiger partial charge in [0.1, 0.15) is 5.75 Å². The van der Waals surface area contributed by atoms with Crippen LogP contribution in [0.2, 0.25) is 16.6 Å². The molecule has 15 saturated carbocycles. The number of allylic oxidation sites excluding steroid dienone is 6. The first-order valence-corrected chi connectivity index (χ1v) is 49.8. The quantitative estimate of drug-likeness (QED) is 0.0149. The minimum Gasteiger partial charge on any atom is -0.487 e. The summed E-state index contributed by atoms with van der Waals surface area (Å²) in [5.74, 6) is 3.81. The van der Waals surface area contributed by atoms with Gasteiger partial charge in [0, 0.05) is 75.0 Å². The zero-order valence-electron chi connectivity index (χ0n) is 75.3. The zero-order valence-corrected chi connectivity index (χ0v) is 76.3. The van der Waals surface area contributed by atoms with E-state index in [1.54, 1.807) is 107 Å². The lowest BCUT2D eigenvalue weighted by Gasteiger charge is -2.55. The summed E-state index contributed by atoms with van der Waals surface area (Å²) < 4.78 is 52.8. The molecule has 0 spiro atoms. The number of halogens is 2. The number of nitrogens with two attached hydrogens (primary N) is 1. The lowest BCUT2D eigenvalue weighted by Crippen LogP contribution is -2.55. The summed E-state index contributed by atoms with van der Waals surface area (Å²) >= 11 is 0. The summed E-state index contributed by atoms with van der Waals surface area (Å²) in [4.78, 5) is 31.7. The van der Waals surface area contributed by atoms with Crippen LogP contribution in [0.5, 0.6) is 5.75 Å². The topological polar surface area (TPSA) is 276 Å². The van der Waals surface area contributed by atoms with Gasteiger partial charge in [-0.2, -0.15) is 8.78 Å². The molecule has 12 atom stereocenters. The Kier molecular flexibility index (Phi) is 39.8. The van der Waals surface area contributed by atoms with Crippen LogP contribution in [0.1, 0.15) is 286 Å². The lowest BCUT2D eigenvalue weighted by molar-refractivity contribution is -0.138. The van der Waals surface area contributed by atoms with Crippen LogP contribution in [0.3, 0.4) is 0 Å². The summed E-state index contributed by atoms with van der Waals surface area (Å²) in [6.07, 6.45) is 45.9. The molecule has 0 radical (unpaired) electrons. The lowest BCUT2D eigenvalue weighted by atomic mass is 9.50. The van der Waals surface area contributed by atoms with E-state index in [0.717, 1.165) is 94.1 Å². The smallest absolute Gasteiger partial charge is 0.303 e. The number of unbranched alkanes of at least 4 members (excludes halogenated alkanes) is 3. The first-order valence-electron chi connectivity index (χ1n) is 47.6. The van der Waals surface area contributed by atoms with Gasteiger partial charge in [-0.1, -0.05) is 184 Å². The monoisotopic (exact) mass is 1730 g/mol. The molecule has 15 fully saturated rings. The van der Waals surface area contributed by atoms with Gasteiger partial charge in [0.2, 0.25) is 0 Å². The Morgan fingerprint density at radius 3 is 1.14 bits per heavy atom. The van der Waals surface area contributed by atoms with E-state index in [1.807, 2.05) is 72.8 Å². The van der Waals surface area contributed by atoms with Crippen molar-refractivity contribution in [2.75, 3.05) is 19.8 Å². The highest BCUT2D eigenvalue weighted by atomic mass is 28.4. The number of aliphatic hydroxyl groups excluding tert-OH is 5. The fourth-order valence-corrected chi connectivity index (χ4v) is 31.8. The number of benzene rings is 3. The molecule has 0 heterocycles. The molecule has 3 aromatic rings. The Morgan fingerprint density at radius 2 is 0.797 bits per heavy atom. The molecule has 15 aliphatic rings. The van der Waals surface area contributed by atoms with E-state index in [2.05, 4.69) is 79.7 Å². The van der Waals surface area contributed by atoms with Crippen molar-refractivity contribution in [1.29, 1.82) is 0 Å². The van der Waals surface area contributed by atoms with Crippen LogP contribution in [0.25, 0.3) is 0 Å². The van der Waals surface area contributed by atoms with Crippen LogP contribution in [0, 0.1) is 99.6 Å². The molecule has 3 aromatic carbocycles.